The summed E-state index contributed by atoms with van der Waals surface area (Å²) >= 11 is 0. The zero-order valence-electron chi connectivity index (χ0n) is 27.1. The summed E-state index contributed by atoms with van der Waals surface area (Å²) in [5.74, 6) is 1.37. The van der Waals surface area contributed by atoms with E-state index in [1.165, 1.54) is 18.6 Å². The summed E-state index contributed by atoms with van der Waals surface area (Å²) in [6.45, 7) is 12.2. The van der Waals surface area contributed by atoms with Gasteiger partial charge < -0.3 is 23.5 Å². The topological polar surface area (TPSA) is 87.2 Å². The molecule has 5 aromatic rings. The summed E-state index contributed by atoms with van der Waals surface area (Å²) in [5.41, 5.74) is 5.58. The summed E-state index contributed by atoms with van der Waals surface area (Å²) in [6.07, 6.45) is 5.21. The molecule has 3 aromatic carbocycles. The Hall–Kier alpha value is -3.86. The lowest BCUT2D eigenvalue weighted by molar-refractivity contribution is 0.155. The van der Waals surface area contributed by atoms with Gasteiger partial charge in [-0.3, -0.25) is 0 Å². The van der Waals surface area contributed by atoms with Crippen LogP contribution in [0.25, 0.3) is 45.1 Å². The first-order valence-electron chi connectivity index (χ1n) is 15.6. The fraction of sp³-hybridized carbons (Fsp3) is 0.400. The largest absolute Gasteiger partial charge is 0.493 e. The van der Waals surface area contributed by atoms with E-state index in [0.717, 1.165) is 40.6 Å². The highest BCUT2D eigenvalue weighted by Crippen LogP contribution is 2.40. The number of aromatic nitrogens is 4. The van der Waals surface area contributed by atoms with Crippen LogP contribution in [0.1, 0.15) is 45.6 Å². The third kappa shape index (κ3) is 6.32. The number of fused-ring (bicyclic) bond motifs is 1. The van der Waals surface area contributed by atoms with E-state index in [1.54, 1.807) is 24.1 Å². The average molecular weight is 628 g/mol. The molecule has 0 unspecified atom stereocenters. The SMILES string of the molecule is COc1cc(CN[C@@H]2CCC[C@@H]2O[Si](C)(C)C(C)(C)C)cc2nc(-c3cccc(-c4ccc(F)cc4-c4nncn4C)c3)oc12. The van der Waals surface area contributed by atoms with E-state index in [2.05, 4.69) is 55.4 Å². The van der Waals surface area contributed by atoms with Crippen molar-refractivity contribution in [3.63, 3.8) is 0 Å². The number of halogens is 1. The molecular weight excluding hydrogens is 586 g/mol. The maximum Gasteiger partial charge on any atom is 0.227 e. The molecule has 8 nitrogen and oxygen atoms in total. The standard InChI is InChI=1S/C35H42FN5O3Si/c1-35(2,3)45(6,7)44-30-13-9-12-28(30)37-20-22-16-29-32(31(17-22)42-5)43-34(39-29)24-11-8-10-23(18-24)26-15-14-25(36)19-27(26)33-40-38-21-41(33)4/h8,10-11,14-19,21,28,30,37H,9,12-13,20H2,1-7H3/t28-,30+/m1/s1. The lowest BCUT2D eigenvalue weighted by atomic mass is 9.97. The van der Waals surface area contributed by atoms with Gasteiger partial charge in [-0.25, -0.2) is 9.37 Å². The quantitative estimate of drug-likeness (QED) is 0.165. The Morgan fingerprint density at radius 1 is 1.04 bits per heavy atom. The Bertz CT molecular complexity index is 1830. The number of benzene rings is 3. The second-order valence-electron chi connectivity index (χ2n) is 13.5. The average Bonchev–Trinajstić information content (AvgIpc) is 3.74. The Balaban J connectivity index is 1.26. The third-order valence-electron chi connectivity index (χ3n) is 9.36. The van der Waals surface area contributed by atoms with Crippen molar-refractivity contribution in [2.24, 2.45) is 7.05 Å². The molecule has 0 bridgehead atoms. The molecule has 0 aliphatic heterocycles. The van der Waals surface area contributed by atoms with Crippen LogP contribution in [0.2, 0.25) is 18.1 Å². The predicted molar refractivity (Wildman–Crippen MR) is 178 cm³/mol. The smallest absolute Gasteiger partial charge is 0.227 e. The van der Waals surface area contributed by atoms with E-state index in [0.29, 0.717) is 41.2 Å². The van der Waals surface area contributed by atoms with Crippen molar-refractivity contribution in [2.45, 2.75) is 76.9 Å². The lowest BCUT2D eigenvalue weighted by Crippen LogP contribution is -2.48. The zero-order valence-corrected chi connectivity index (χ0v) is 28.1. The molecule has 1 aliphatic rings. The molecule has 0 spiro atoms. The van der Waals surface area contributed by atoms with Crippen molar-refractivity contribution < 1.29 is 18.0 Å². The van der Waals surface area contributed by atoms with Crippen molar-refractivity contribution in [1.29, 1.82) is 0 Å². The van der Waals surface area contributed by atoms with Crippen LogP contribution in [0.3, 0.4) is 0 Å². The van der Waals surface area contributed by atoms with E-state index in [-0.39, 0.29) is 17.0 Å². The molecule has 1 fully saturated rings. The predicted octanol–water partition coefficient (Wildman–Crippen LogP) is 8.14. The molecule has 2 heterocycles. The minimum Gasteiger partial charge on any atom is -0.493 e. The van der Waals surface area contributed by atoms with Gasteiger partial charge in [-0.15, -0.1) is 10.2 Å². The van der Waals surface area contributed by atoms with Crippen molar-refractivity contribution >= 4 is 19.4 Å². The Labute approximate surface area is 265 Å². The molecule has 236 valence electrons. The first-order chi connectivity index (χ1) is 21.4. The minimum absolute atomic E-state index is 0.181. The molecule has 0 amide bonds. The Morgan fingerprint density at radius 3 is 2.58 bits per heavy atom. The van der Waals surface area contributed by atoms with Crippen LogP contribution in [0, 0.1) is 5.82 Å². The summed E-state index contributed by atoms with van der Waals surface area (Å²) in [5, 5.41) is 12.1. The number of aryl methyl sites for hydroxylation is 1. The van der Waals surface area contributed by atoms with Crippen LogP contribution in [0.5, 0.6) is 5.75 Å². The van der Waals surface area contributed by atoms with Gasteiger partial charge in [-0.05, 0) is 90.5 Å². The Kier molecular flexibility index (Phi) is 8.40. The maximum atomic E-state index is 14.3. The number of nitrogens with one attached hydrogen (secondary N) is 1. The maximum absolute atomic E-state index is 14.3. The van der Waals surface area contributed by atoms with Gasteiger partial charge in [0.15, 0.2) is 25.5 Å². The molecule has 10 heteroatoms. The van der Waals surface area contributed by atoms with E-state index < -0.39 is 8.32 Å². The molecule has 2 atom stereocenters. The van der Waals surface area contributed by atoms with Crippen LogP contribution in [-0.4, -0.2) is 47.3 Å². The molecule has 0 radical (unpaired) electrons. The molecule has 1 saturated carbocycles. The summed E-state index contributed by atoms with van der Waals surface area (Å²) in [7, 11) is 1.63. The normalized spacial score (nSPS) is 17.3. The third-order valence-corrected chi connectivity index (χ3v) is 13.9. The highest BCUT2D eigenvalue weighted by Gasteiger charge is 2.41. The monoisotopic (exact) mass is 627 g/mol. The minimum atomic E-state index is -1.85. The van der Waals surface area contributed by atoms with Gasteiger partial charge in [0, 0.05) is 30.8 Å². The molecule has 1 N–H and O–H groups in total. The van der Waals surface area contributed by atoms with Crippen LogP contribution in [0.4, 0.5) is 4.39 Å². The van der Waals surface area contributed by atoms with Crippen molar-refractivity contribution in [1.82, 2.24) is 25.1 Å². The summed E-state index contributed by atoms with van der Waals surface area (Å²) in [6, 6.07) is 17.0. The second kappa shape index (κ2) is 12.1. The van der Waals surface area contributed by atoms with Crippen LogP contribution >= 0.6 is 0 Å². The van der Waals surface area contributed by atoms with Crippen molar-refractivity contribution in [3.8, 4) is 39.7 Å². The van der Waals surface area contributed by atoms with E-state index in [4.69, 9.17) is 18.6 Å². The fourth-order valence-corrected chi connectivity index (χ4v) is 7.23. The van der Waals surface area contributed by atoms with Gasteiger partial charge in [0.2, 0.25) is 5.89 Å². The lowest BCUT2D eigenvalue weighted by Gasteiger charge is -2.40. The van der Waals surface area contributed by atoms with Gasteiger partial charge in [0.05, 0.1) is 13.2 Å². The van der Waals surface area contributed by atoms with Gasteiger partial charge in [0.1, 0.15) is 17.7 Å². The van der Waals surface area contributed by atoms with Gasteiger partial charge >= 0.3 is 0 Å². The fourth-order valence-electron chi connectivity index (χ4n) is 5.84. The molecule has 6 rings (SSSR count). The number of hydrogen-bond donors (Lipinski definition) is 1. The van der Waals surface area contributed by atoms with E-state index in [9.17, 15) is 4.39 Å². The number of oxazole rings is 1. The highest BCUT2D eigenvalue weighted by molar-refractivity contribution is 6.74. The molecule has 1 aliphatic carbocycles. The number of rotatable bonds is 9. The number of nitrogens with zero attached hydrogens (tertiary/aromatic N) is 4. The van der Waals surface area contributed by atoms with Gasteiger partial charge in [-0.2, -0.15) is 0 Å². The van der Waals surface area contributed by atoms with E-state index in [1.807, 2.05) is 37.4 Å². The van der Waals surface area contributed by atoms with Crippen molar-refractivity contribution in [2.75, 3.05) is 7.11 Å². The van der Waals surface area contributed by atoms with Crippen LogP contribution in [-0.2, 0) is 18.0 Å². The summed E-state index contributed by atoms with van der Waals surface area (Å²) in [4.78, 5) is 4.88. The van der Waals surface area contributed by atoms with E-state index >= 15 is 0 Å². The first kappa shape index (κ1) is 31.1. The van der Waals surface area contributed by atoms with Crippen molar-refractivity contribution in [3.05, 3.63) is 72.3 Å². The first-order valence-corrected chi connectivity index (χ1v) is 18.5. The van der Waals surface area contributed by atoms with Gasteiger partial charge in [0.25, 0.3) is 0 Å². The van der Waals surface area contributed by atoms with Crippen LogP contribution < -0.4 is 10.1 Å². The molecule has 2 aromatic heterocycles. The molecule has 0 saturated heterocycles. The summed E-state index contributed by atoms with van der Waals surface area (Å²) < 4.78 is 34.9. The second-order valence-corrected chi connectivity index (χ2v) is 18.3. The molecule has 45 heavy (non-hydrogen) atoms. The van der Waals surface area contributed by atoms with Gasteiger partial charge in [-0.1, -0.05) is 39.0 Å². The molecular formula is C35H42FN5O3Si. The zero-order chi connectivity index (χ0) is 31.9. The number of methoxy groups -OCH3 is 1. The number of ether oxygens (including phenoxy) is 1. The van der Waals surface area contributed by atoms with Crippen LogP contribution in [0.15, 0.2) is 65.3 Å². The Morgan fingerprint density at radius 2 is 1.84 bits per heavy atom. The highest BCUT2D eigenvalue weighted by atomic mass is 28.4. The number of hydrogen-bond acceptors (Lipinski definition) is 7.